The van der Waals surface area contributed by atoms with E-state index < -0.39 is 0 Å². The zero-order valence-electron chi connectivity index (χ0n) is 11.5. The summed E-state index contributed by atoms with van der Waals surface area (Å²) in [6, 6.07) is 3.66. The van der Waals surface area contributed by atoms with Crippen molar-refractivity contribution < 1.29 is 9.26 Å². The van der Waals surface area contributed by atoms with Crippen LogP contribution in [0.5, 0.6) is 5.88 Å². The Hall–Kier alpha value is -1.95. The number of ether oxygens (including phenoxy) is 1. The van der Waals surface area contributed by atoms with Crippen molar-refractivity contribution in [2.45, 2.75) is 19.3 Å². The maximum atomic E-state index is 5.29. The number of nitrogens with zero attached hydrogens (tertiary/aromatic N) is 3. The highest BCUT2D eigenvalue weighted by molar-refractivity contribution is 5.52. The summed E-state index contributed by atoms with van der Waals surface area (Å²) in [5, 5.41) is 7.37. The number of aryl methyl sites for hydroxylation is 1. The Bertz CT molecular complexity index is 547. The van der Waals surface area contributed by atoms with Crippen molar-refractivity contribution in [3.05, 3.63) is 24.2 Å². The lowest BCUT2D eigenvalue weighted by Gasteiger charge is -2.03. The molecule has 2 aromatic rings. The molecule has 0 spiro atoms. The number of rotatable bonds is 5. The van der Waals surface area contributed by atoms with Crippen LogP contribution < -0.4 is 10.1 Å². The van der Waals surface area contributed by atoms with E-state index >= 15 is 0 Å². The van der Waals surface area contributed by atoms with Crippen LogP contribution in [0.15, 0.2) is 22.9 Å². The van der Waals surface area contributed by atoms with E-state index in [2.05, 4.69) is 20.4 Å². The van der Waals surface area contributed by atoms with Crippen molar-refractivity contribution in [3.8, 4) is 17.3 Å². The van der Waals surface area contributed by atoms with Crippen LogP contribution in [0.3, 0.4) is 0 Å². The average molecular weight is 274 g/mol. The summed E-state index contributed by atoms with van der Waals surface area (Å²) in [5.74, 6) is 2.58. The van der Waals surface area contributed by atoms with Gasteiger partial charge >= 0.3 is 0 Å². The number of hydrogen-bond donors (Lipinski definition) is 1. The van der Waals surface area contributed by atoms with Crippen molar-refractivity contribution in [1.82, 2.24) is 20.4 Å². The fraction of sp³-hybridized carbons (Fsp3) is 0.500. The molecule has 20 heavy (non-hydrogen) atoms. The molecule has 1 saturated heterocycles. The van der Waals surface area contributed by atoms with Crippen molar-refractivity contribution >= 4 is 0 Å². The molecule has 1 N–H and O–H groups in total. The van der Waals surface area contributed by atoms with Gasteiger partial charge in [-0.05, 0) is 37.9 Å². The van der Waals surface area contributed by atoms with Gasteiger partial charge in [-0.25, -0.2) is 4.98 Å². The quantitative estimate of drug-likeness (QED) is 0.894. The second-order valence-corrected chi connectivity index (χ2v) is 5.00. The van der Waals surface area contributed by atoms with Gasteiger partial charge in [-0.3, -0.25) is 0 Å². The summed E-state index contributed by atoms with van der Waals surface area (Å²) in [4.78, 5) is 8.56. The summed E-state index contributed by atoms with van der Waals surface area (Å²) in [5.41, 5.74) is 0.836. The van der Waals surface area contributed by atoms with Crippen molar-refractivity contribution in [1.29, 1.82) is 0 Å². The SMILES string of the molecule is COc1ccc(-c2noc(CCC3CCNC3)n2)cn1. The first-order valence-corrected chi connectivity index (χ1v) is 6.89. The zero-order valence-corrected chi connectivity index (χ0v) is 11.5. The first-order valence-electron chi connectivity index (χ1n) is 6.89. The van der Waals surface area contributed by atoms with E-state index in [1.54, 1.807) is 19.4 Å². The van der Waals surface area contributed by atoms with E-state index in [9.17, 15) is 0 Å². The van der Waals surface area contributed by atoms with Gasteiger partial charge in [0, 0.05) is 24.2 Å². The highest BCUT2D eigenvalue weighted by Crippen LogP contribution is 2.19. The molecule has 1 atom stereocenters. The molecule has 0 aliphatic carbocycles. The molecule has 1 unspecified atom stereocenters. The van der Waals surface area contributed by atoms with E-state index in [4.69, 9.17) is 9.26 Å². The van der Waals surface area contributed by atoms with E-state index in [1.165, 1.54) is 6.42 Å². The Labute approximate surface area is 117 Å². The smallest absolute Gasteiger partial charge is 0.226 e. The Balaban J connectivity index is 1.62. The normalized spacial score (nSPS) is 18.4. The fourth-order valence-electron chi connectivity index (χ4n) is 2.40. The average Bonchev–Trinajstić information content (AvgIpc) is 3.17. The van der Waals surface area contributed by atoms with Crippen LogP contribution in [0.2, 0.25) is 0 Å². The molecule has 1 fully saturated rings. The van der Waals surface area contributed by atoms with Gasteiger partial charge < -0.3 is 14.6 Å². The summed E-state index contributed by atoms with van der Waals surface area (Å²) in [6.45, 7) is 2.22. The van der Waals surface area contributed by atoms with Crippen molar-refractivity contribution in [2.75, 3.05) is 20.2 Å². The molecule has 0 bridgehead atoms. The van der Waals surface area contributed by atoms with Crippen LogP contribution >= 0.6 is 0 Å². The van der Waals surface area contributed by atoms with E-state index in [-0.39, 0.29) is 0 Å². The predicted molar refractivity (Wildman–Crippen MR) is 73.4 cm³/mol. The zero-order chi connectivity index (χ0) is 13.8. The van der Waals surface area contributed by atoms with Crippen LogP contribution in [0.4, 0.5) is 0 Å². The van der Waals surface area contributed by atoms with Crippen LogP contribution in [-0.2, 0) is 6.42 Å². The third-order valence-electron chi connectivity index (χ3n) is 3.60. The number of nitrogens with one attached hydrogen (secondary N) is 1. The Kier molecular flexibility index (Phi) is 3.92. The first-order chi connectivity index (χ1) is 9.85. The highest BCUT2D eigenvalue weighted by atomic mass is 16.5. The molecule has 1 aliphatic rings. The number of methoxy groups -OCH3 is 1. The standard InChI is InChI=1S/C14H18N4O2/c1-19-12-5-3-11(9-16-12)14-17-13(20-18-14)4-2-10-6-7-15-8-10/h3,5,9-10,15H,2,4,6-8H2,1H3. The number of pyridine rings is 1. The third kappa shape index (κ3) is 2.96. The maximum Gasteiger partial charge on any atom is 0.226 e. The minimum Gasteiger partial charge on any atom is -0.481 e. The van der Waals surface area contributed by atoms with Gasteiger partial charge in [0.15, 0.2) is 0 Å². The molecule has 2 aromatic heterocycles. The second-order valence-electron chi connectivity index (χ2n) is 5.00. The maximum absolute atomic E-state index is 5.29. The third-order valence-corrected chi connectivity index (χ3v) is 3.60. The molecule has 1 aliphatic heterocycles. The van der Waals surface area contributed by atoms with Crippen LogP contribution in [0.1, 0.15) is 18.7 Å². The molecular formula is C14H18N4O2. The lowest BCUT2D eigenvalue weighted by atomic mass is 10.0. The van der Waals surface area contributed by atoms with E-state index in [1.807, 2.05) is 6.07 Å². The number of hydrogen-bond acceptors (Lipinski definition) is 6. The van der Waals surface area contributed by atoms with Crippen molar-refractivity contribution in [3.63, 3.8) is 0 Å². The highest BCUT2D eigenvalue weighted by Gasteiger charge is 2.16. The summed E-state index contributed by atoms with van der Waals surface area (Å²) in [7, 11) is 1.59. The molecule has 0 radical (unpaired) electrons. The molecule has 106 valence electrons. The lowest BCUT2D eigenvalue weighted by molar-refractivity contribution is 0.365. The van der Waals surface area contributed by atoms with Gasteiger partial charge in [-0.1, -0.05) is 5.16 Å². The van der Waals surface area contributed by atoms with Gasteiger partial charge in [0.25, 0.3) is 0 Å². The molecule has 6 nitrogen and oxygen atoms in total. The minimum atomic E-state index is 0.575. The van der Waals surface area contributed by atoms with E-state index in [0.717, 1.165) is 37.4 Å². The predicted octanol–water partition coefficient (Wildman–Crippen LogP) is 1.68. The molecule has 0 saturated carbocycles. The Morgan fingerprint density at radius 2 is 2.40 bits per heavy atom. The molecule has 3 rings (SSSR count). The van der Waals surface area contributed by atoms with Gasteiger partial charge in [0.1, 0.15) is 0 Å². The molecule has 0 aromatic carbocycles. The summed E-state index contributed by atoms with van der Waals surface area (Å²) < 4.78 is 10.3. The lowest BCUT2D eigenvalue weighted by Crippen LogP contribution is -2.09. The largest absolute Gasteiger partial charge is 0.481 e. The van der Waals surface area contributed by atoms with Gasteiger partial charge in [-0.2, -0.15) is 4.98 Å². The number of aromatic nitrogens is 3. The van der Waals surface area contributed by atoms with Gasteiger partial charge in [0.2, 0.25) is 17.6 Å². The molecule has 3 heterocycles. The van der Waals surface area contributed by atoms with Gasteiger partial charge in [0.05, 0.1) is 7.11 Å². The van der Waals surface area contributed by atoms with Crippen LogP contribution in [-0.4, -0.2) is 35.3 Å². The molecule has 6 heteroatoms. The molecular weight excluding hydrogens is 256 g/mol. The van der Waals surface area contributed by atoms with Crippen molar-refractivity contribution in [2.24, 2.45) is 5.92 Å². The minimum absolute atomic E-state index is 0.575. The fourth-order valence-corrected chi connectivity index (χ4v) is 2.40. The second kappa shape index (κ2) is 6.00. The van der Waals surface area contributed by atoms with Gasteiger partial charge in [-0.15, -0.1) is 0 Å². The Morgan fingerprint density at radius 3 is 3.10 bits per heavy atom. The van der Waals surface area contributed by atoms with Crippen LogP contribution in [0.25, 0.3) is 11.4 Å². The van der Waals surface area contributed by atoms with E-state index in [0.29, 0.717) is 17.6 Å². The summed E-state index contributed by atoms with van der Waals surface area (Å²) in [6.07, 6.45) is 4.86. The first kappa shape index (κ1) is 13.1. The van der Waals surface area contributed by atoms with Crippen LogP contribution in [0, 0.1) is 5.92 Å². The molecule has 0 amide bonds. The monoisotopic (exact) mass is 274 g/mol. The Morgan fingerprint density at radius 1 is 1.45 bits per heavy atom. The summed E-state index contributed by atoms with van der Waals surface area (Å²) >= 11 is 0. The topological polar surface area (TPSA) is 73.1 Å².